The Morgan fingerprint density at radius 2 is 1.61 bits per heavy atom. The average Bonchev–Trinajstić information content (AvgIpc) is 3.47. The van der Waals surface area contributed by atoms with Crippen LogP contribution in [0.3, 0.4) is 0 Å². The zero-order valence-electron chi connectivity index (χ0n) is 20.3. The number of ketones is 1. The van der Waals surface area contributed by atoms with E-state index < -0.39 is 11.5 Å². The van der Waals surface area contributed by atoms with E-state index in [1.54, 1.807) is 0 Å². The summed E-state index contributed by atoms with van der Waals surface area (Å²) in [6.07, 6.45) is 4.02. The van der Waals surface area contributed by atoms with Gasteiger partial charge in [0.1, 0.15) is 6.04 Å². The van der Waals surface area contributed by atoms with Crippen LogP contribution < -0.4 is 10.6 Å². The Morgan fingerprint density at radius 3 is 2.33 bits per heavy atom. The summed E-state index contributed by atoms with van der Waals surface area (Å²) < 4.78 is 0. The van der Waals surface area contributed by atoms with Gasteiger partial charge >= 0.3 is 0 Å². The molecule has 0 aromatic heterocycles. The molecule has 5 heteroatoms. The van der Waals surface area contributed by atoms with Crippen molar-refractivity contribution in [3.63, 3.8) is 0 Å². The van der Waals surface area contributed by atoms with E-state index in [4.69, 9.17) is 0 Å². The molecule has 3 aliphatic heterocycles. The third kappa shape index (κ3) is 3.80. The molecule has 0 aliphatic carbocycles. The van der Waals surface area contributed by atoms with Crippen LogP contribution >= 0.6 is 0 Å². The highest BCUT2D eigenvalue weighted by Crippen LogP contribution is 2.56. The molecule has 3 saturated heterocycles. The predicted octanol–water partition coefficient (Wildman–Crippen LogP) is 4.50. The van der Waals surface area contributed by atoms with E-state index in [9.17, 15) is 9.59 Å². The number of rotatable bonds is 4. The summed E-state index contributed by atoms with van der Waals surface area (Å²) in [6, 6.07) is 29.5. The lowest BCUT2D eigenvalue weighted by Crippen LogP contribution is -2.60. The summed E-state index contributed by atoms with van der Waals surface area (Å²) in [5.41, 5.74) is 2.75. The van der Waals surface area contributed by atoms with Crippen molar-refractivity contribution in [2.45, 2.75) is 30.8 Å². The van der Waals surface area contributed by atoms with Crippen molar-refractivity contribution in [2.75, 3.05) is 25.0 Å². The smallest absolute Gasteiger partial charge is 0.242 e. The monoisotopic (exact) mass is 477 g/mol. The number of carbonyl (C=O) groups is 2. The molecule has 36 heavy (non-hydrogen) atoms. The minimum absolute atomic E-state index is 0.0628. The SMILES string of the molecule is O=C(Nc1ccccc1)[C@H]1N2CCCC2[C@H](c2ccccc2)C12CNC/C(=C\c1ccccc1)C2=O. The zero-order valence-corrected chi connectivity index (χ0v) is 20.3. The number of Topliss-reactive ketones (excluding diaryl/α,β-unsaturated/α-hetero) is 1. The fraction of sp³-hybridized carbons (Fsp3) is 0.290. The number of amides is 1. The molecule has 1 spiro atoms. The summed E-state index contributed by atoms with van der Waals surface area (Å²) in [5, 5.41) is 6.71. The molecule has 0 bridgehead atoms. The fourth-order valence-electron chi connectivity index (χ4n) is 6.80. The van der Waals surface area contributed by atoms with E-state index in [1.165, 1.54) is 0 Å². The van der Waals surface area contributed by atoms with Crippen LogP contribution in [0.2, 0.25) is 0 Å². The van der Waals surface area contributed by atoms with Crippen molar-refractivity contribution in [3.05, 3.63) is 108 Å². The van der Waals surface area contributed by atoms with Crippen LogP contribution in [-0.2, 0) is 9.59 Å². The number of piperidine rings is 1. The molecular weight excluding hydrogens is 446 g/mol. The molecule has 3 aliphatic rings. The van der Waals surface area contributed by atoms with Crippen LogP contribution in [0.5, 0.6) is 0 Å². The maximum Gasteiger partial charge on any atom is 0.242 e. The molecule has 2 unspecified atom stereocenters. The third-order valence-corrected chi connectivity index (χ3v) is 8.14. The van der Waals surface area contributed by atoms with Crippen LogP contribution in [0.1, 0.15) is 29.9 Å². The lowest BCUT2D eigenvalue weighted by atomic mass is 9.62. The Bertz CT molecular complexity index is 1270. The molecule has 3 heterocycles. The summed E-state index contributed by atoms with van der Waals surface area (Å²) in [5.74, 6) is -0.0589. The predicted molar refractivity (Wildman–Crippen MR) is 142 cm³/mol. The van der Waals surface area contributed by atoms with Crippen molar-refractivity contribution in [3.8, 4) is 0 Å². The molecule has 0 radical (unpaired) electrons. The first-order valence-corrected chi connectivity index (χ1v) is 12.9. The number of anilines is 1. The summed E-state index contributed by atoms with van der Waals surface area (Å²) in [4.78, 5) is 31.0. The van der Waals surface area contributed by atoms with Gasteiger partial charge in [-0.3, -0.25) is 14.5 Å². The van der Waals surface area contributed by atoms with E-state index in [0.717, 1.165) is 41.8 Å². The molecule has 3 fully saturated rings. The Labute approximate surface area is 212 Å². The number of nitrogens with zero attached hydrogens (tertiary/aromatic N) is 1. The summed E-state index contributed by atoms with van der Waals surface area (Å²) >= 11 is 0. The Kier molecular flexibility index (Phi) is 6.04. The molecule has 0 saturated carbocycles. The maximum absolute atomic E-state index is 14.6. The van der Waals surface area contributed by atoms with Crippen LogP contribution in [0.4, 0.5) is 5.69 Å². The maximum atomic E-state index is 14.6. The van der Waals surface area contributed by atoms with Crippen LogP contribution in [0.25, 0.3) is 6.08 Å². The number of fused-ring (bicyclic) bond motifs is 1. The zero-order chi connectivity index (χ0) is 24.5. The highest BCUT2D eigenvalue weighted by molar-refractivity contribution is 6.10. The van der Waals surface area contributed by atoms with E-state index in [1.807, 2.05) is 84.9 Å². The first-order valence-electron chi connectivity index (χ1n) is 12.9. The van der Waals surface area contributed by atoms with Crippen molar-refractivity contribution < 1.29 is 9.59 Å². The number of benzene rings is 3. The van der Waals surface area contributed by atoms with E-state index in [-0.39, 0.29) is 23.7 Å². The van der Waals surface area contributed by atoms with Gasteiger partial charge in [0.05, 0.1) is 5.41 Å². The Morgan fingerprint density at radius 1 is 0.944 bits per heavy atom. The molecule has 6 rings (SSSR count). The van der Waals surface area contributed by atoms with Crippen molar-refractivity contribution in [2.24, 2.45) is 5.41 Å². The summed E-state index contributed by atoms with van der Waals surface area (Å²) in [6.45, 7) is 1.82. The quantitative estimate of drug-likeness (QED) is 0.544. The fourth-order valence-corrected chi connectivity index (χ4v) is 6.80. The van der Waals surface area contributed by atoms with Gasteiger partial charge in [-0.05, 0) is 48.7 Å². The van der Waals surface area contributed by atoms with Gasteiger partial charge in [-0.15, -0.1) is 0 Å². The molecule has 3 aromatic carbocycles. The van der Waals surface area contributed by atoms with Gasteiger partial charge in [-0.1, -0.05) is 78.9 Å². The molecule has 182 valence electrons. The minimum atomic E-state index is -0.885. The van der Waals surface area contributed by atoms with Crippen LogP contribution in [0, 0.1) is 5.41 Å². The van der Waals surface area contributed by atoms with Crippen molar-refractivity contribution in [1.29, 1.82) is 0 Å². The van der Waals surface area contributed by atoms with Crippen LogP contribution in [-0.4, -0.2) is 48.3 Å². The average molecular weight is 478 g/mol. The Hall–Kier alpha value is -3.54. The van der Waals surface area contributed by atoms with Gasteiger partial charge in [0, 0.05) is 36.3 Å². The van der Waals surface area contributed by atoms with Gasteiger partial charge < -0.3 is 10.6 Å². The number of carbonyl (C=O) groups excluding carboxylic acids is 2. The standard InChI is InChI=1S/C31H31N3O2/c35-29-24(19-22-11-4-1-5-12-22)20-32-21-31(29)27(23-13-6-2-7-14-23)26-17-10-18-34(26)28(31)30(36)33-25-15-8-3-9-16-25/h1-9,11-16,19,26-28,32H,10,17-18,20-21H2,(H,33,36)/b24-19+/t26?,27-,28+,31?/m0/s1. The highest BCUT2D eigenvalue weighted by Gasteiger charge is 2.67. The van der Waals surface area contributed by atoms with Gasteiger partial charge in [-0.25, -0.2) is 0 Å². The lowest BCUT2D eigenvalue weighted by Gasteiger charge is -2.43. The second kappa shape index (κ2) is 9.49. The number of hydrogen-bond acceptors (Lipinski definition) is 4. The molecular formula is C31H31N3O2. The largest absolute Gasteiger partial charge is 0.325 e. The number of para-hydroxylation sites is 1. The summed E-state index contributed by atoms with van der Waals surface area (Å²) in [7, 11) is 0. The van der Waals surface area contributed by atoms with E-state index >= 15 is 0 Å². The number of nitrogens with one attached hydrogen (secondary N) is 2. The Balaban J connectivity index is 1.48. The van der Waals surface area contributed by atoms with E-state index in [2.05, 4.69) is 27.7 Å². The molecule has 5 nitrogen and oxygen atoms in total. The van der Waals surface area contributed by atoms with Crippen LogP contribution in [0.15, 0.2) is 96.6 Å². The first-order chi connectivity index (χ1) is 17.7. The van der Waals surface area contributed by atoms with Gasteiger partial charge in [0.15, 0.2) is 5.78 Å². The molecule has 1 amide bonds. The number of hydrogen-bond donors (Lipinski definition) is 2. The lowest BCUT2D eigenvalue weighted by molar-refractivity contribution is -0.135. The minimum Gasteiger partial charge on any atom is -0.325 e. The molecule has 4 atom stereocenters. The van der Waals surface area contributed by atoms with Gasteiger partial charge in [-0.2, -0.15) is 0 Å². The molecule has 2 N–H and O–H groups in total. The van der Waals surface area contributed by atoms with Crippen molar-refractivity contribution >= 4 is 23.5 Å². The van der Waals surface area contributed by atoms with Gasteiger partial charge in [0.2, 0.25) is 5.91 Å². The van der Waals surface area contributed by atoms with Crippen molar-refractivity contribution in [1.82, 2.24) is 10.2 Å². The second-order valence-corrected chi connectivity index (χ2v) is 10.1. The molecule has 3 aromatic rings. The second-order valence-electron chi connectivity index (χ2n) is 10.1. The third-order valence-electron chi connectivity index (χ3n) is 8.14. The van der Waals surface area contributed by atoms with E-state index in [0.29, 0.717) is 13.1 Å². The topological polar surface area (TPSA) is 61.4 Å². The highest BCUT2D eigenvalue weighted by atomic mass is 16.2. The van der Waals surface area contributed by atoms with Gasteiger partial charge in [0.25, 0.3) is 0 Å². The first kappa shape index (κ1) is 22.9. The normalized spacial score (nSPS) is 28.9.